The Labute approximate surface area is 118 Å². The van der Waals surface area contributed by atoms with Gasteiger partial charge in [0.2, 0.25) is 0 Å². The van der Waals surface area contributed by atoms with E-state index in [1.807, 2.05) is 39.1 Å². The van der Waals surface area contributed by atoms with Crippen molar-refractivity contribution < 1.29 is 14.6 Å². The maximum Gasteiger partial charge on any atom is 0.407 e. The number of ether oxygens (including phenoxy) is 1. The summed E-state index contributed by atoms with van der Waals surface area (Å²) in [5.41, 5.74) is 0.290. The number of aliphatic hydroxyl groups excluding tert-OH is 1. The van der Waals surface area contributed by atoms with E-state index in [1.54, 1.807) is 11.3 Å². The Kier molecular flexibility index (Phi) is 5.38. The van der Waals surface area contributed by atoms with Crippen LogP contribution in [-0.4, -0.2) is 30.0 Å². The highest BCUT2D eigenvalue weighted by atomic mass is 32.1. The molecule has 5 heteroatoms. The molecule has 1 rings (SSSR count). The number of carbonyl (C=O) groups excluding carboxylic acids is 1. The topological polar surface area (TPSA) is 58.6 Å². The highest BCUT2D eigenvalue weighted by molar-refractivity contribution is 7.07. The average molecular weight is 285 g/mol. The van der Waals surface area contributed by atoms with Gasteiger partial charge in [0.1, 0.15) is 5.60 Å². The third kappa shape index (κ3) is 6.07. The third-order valence-corrected chi connectivity index (χ3v) is 3.38. The molecule has 2 N–H and O–H groups in total. The van der Waals surface area contributed by atoms with Crippen LogP contribution >= 0.6 is 11.3 Å². The van der Waals surface area contributed by atoms with Crippen LogP contribution in [-0.2, 0) is 11.2 Å². The van der Waals surface area contributed by atoms with Crippen LogP contribution in [0, 0.1) is 5.41 Å². The van der Waals surface area contributed by atoms with E-state index in [1.165, 1.54) is 5.56 Å². The first kappa shape index (κ1) is 16.0. The van der Waals surface area contributed by atoms with Crippen LogP contribution in [0.5, 0.6) is 0 Å². The first-order valence-electron chi connectivity index (χ1n) is 6.33. The lowest BCUT2D eigenvalue weighted by molar-refractivity contribution is 0.0478. The normalized spacial score (nSPS) is 14.8. The Morgan fingerprint density at radius 3 is 2.58 bits per heavy atom. The SMILES string of the molecule is CC(CO)(CNC(=O)OC(C)(C)C)Cc1ccsc1. The van der Waals surface area contributed by atoms with E-state index in [-0.39, 0.29) is 12.0 Å². The van der Waals surface area contributed by atoms with E-state index in [0.717, 1.165) is 6.42 Å². The van der Waals surface area contributed by atoms with Gasteiger partial charge in [-0.15, -0.1) is 0 Å². The smallest absolute Gasteiger partial charge is 0.407 e. The Bertz CT molecular complexity index is 397. The lowest BCUT2D eigenvalue weighted by atomic mass is 9.85. The molecular weight excluding hydrogens is 262 g/mol. The monoisotopic (exact) mass is 285 g/mol. The van der Waals surface area contributed by atoms with Gasteiger partial charge in [-0.2, -0.15) is 11.3 Å². The van der Waals surface area contributed by atoms with Gasteiger partial charge in [-0.3, -0.25) is 0 Å². The number of amides is 1. The molecule has 0 fully saturated rings. The Hall–Kier alpha value is -1.07. The van der Waals surface area contributed by atoms with Crippen molar-refractivity contribution in [2.45, 2.75) is 39.7 Å². The van der Waals surface area contributed by atoms with E-state index in [4.69, 9.17) is 4.74 Å². The van der Waals surface area contributed by atoms with Crippen LogP contribution in [0.15, 0.2) is 16.8 Å². The van der Waals surface area contributed by atoms with E-state index in [9.17, 15) is 9.90 Å². The van der Waals surface area contributed by atoms with Crippen molar-refractivity contribution in [1.29, 1.82) is 0 Å². The molecule has 1 atom stereocenters. The Morgan fingerprint density at radius 2 is 2.11 bits per heavy atom. The summed E-state index contributed by atoms with van der Waals surface area (Å²) in [6, 6.07) is 2.03. The van der Waals surface area contributed by atoms with Crippen LogP contribution < -0.4 is 5.32 Å². The molecule has 1 aromatic rings. The first-order chi connectivity index (χ1) is 8.74. The quantitative estimate of drug-likeness (QED) is 0.874. The van der Waals surface area contributed by atoms with Crippen LogP contribution in [0.25, 0.3) is 0 Å². The van der Waals surface area contributed by atoms with Crippen LogP contribution in [0.3, 0.4) is 0 Å². The van der Waals surface area contributed by atoms with Gasteiger partial charge in [-0.25, -0.2) is 4.79 Å². The average Bonchev–Trinajstić information content (AvgIpc) is 2.77. The lowest BCUT2D eigenvalue weighted by Crippen LogP contribution is -2.41. The van der Waals surface area contributed by atoms with E-state index in [2.05, 4.69) is 10.7 Å². The molecule has 1 amide bonds. The van der Waals surface area contributed by atoms with E-state index < -0.39 is 11.7 Å². The van der Waals surface area contributed by atoms with Gasteiger partial charge < -0.3 is 15.2 Å². The molecule has 0 saturated heterocycles. The molecule has 108 valence electrons. The highest BCUT2D eigenvalue weighted by Gasteiger charge is 2.26. The molecule has 1 unspecified atom stereocenters. The zero-order valence-electron chi connectivity index (χ0n) is 12.0. The van der Waals surface area contributed by atoms with Crippen LogP contribution in [0.4, 0.5) is 4.79 Å². The molecule has 0 aromatic carbocycles. The van der Waals surface area contributed by atoms with Gasteiger partial charge in [0.25, 0.3) is 0 Å². The molecule has 0 spiro atoms. The van der Waals surface area contributed by atoms with Gasteiger partial charge >= 0.3 is 6.09 Å². The van der Waals surface area contributed by atoms with Crippen molar-refractivity contribution in [3.05, 3.63) is 22.4 Å². The zero-order valence-corrected chi connectivity index (χ0v) is 12.8. The van der Waals surface area contributed by atoms with Gasteiger partial charge in [-0.05, 0) is 49.6 Å². The molecule has 0 aliphatic rings. The zero-order chi connectivity index (χ0) is 14.5. The second-order valence-electron chi connectivity index (χ2n) is 6.13. The van der Waals surface area contributed by atoms with Crippen molar-refractivity contribution in [2.24, 2.45) is 5.41 Å². The fourth-order valence-corrected chi connectivity index (χ4v) is 2.33. The maximum absolute atomic E-state index is 11.6. The Balaban J connectivity index is 2.50. The standard InChI is InChI=1S/C14H23NO3S/c1-13(2,3)18-12(17)15-9-14(4,10-16)7-11-5-6-19-8-11/h5-6,8,16H,7,9-10H2,1-4H3,(H,15,17). The number of thiophene rings is 1. The molecule has 19 heavy (non-hydrogen) atoms. The van der Waals surface area contributed by atoms with Gasteiger partial charge in [0.15, 0.2) is 0 Å². The number of aliphatic hydroxyl groups is 1. The van der Waals surface area contributed by atoms with Crippen molar-refractivity contribution >= 4 is 17.4 Å². The number of hydrogen-bond donors (Lipinski definition) is 2. The molecule has 0 radical (unpaired) electrons. The van der Waals surface area contributed by atoms with Crippen molar-refractivity contribution in [3.8, 4) is 0 Å². The van der Waals surface area contributed by atoms with Crippen LogP contribution in [0.1, 0.15) is 33.3 Å². The molecule has 0 bridgehead atoms. The van der Waals surface area contributed by atoms with Crippen molar-refractivity contribution in [3.63, 3.8) is 0 Å². The molecule has 0 aliphatic carbocycles. The largest absolute Gasteiger partial charge is 0.444 e. The minimum absolute atomic E-state index is 0.0125. The summed E-state index contributed by atoms with van der Waals surface area (Å²) in [5.74, 6) is 0. The number of rotatable bonds is 5. The fraction of sp³-hybridized carbons (Fsp3) is 0.643. The third-order valence-electron chi connectivity index (χ3n) is 2.65. The number of nitrogens with one attached hydrogen (secondary N) is 1. The predicted molar refractivity (Wildman–Crippen MR) is 77.5 cm³/mol. The van der Waals surface area contributed by atoms with Crippen molar-refractivity contribution in [2.75, 3.05) is 13.2 Å². The molecule has 1 aromatic heterocycles. The summed E-state index contributed by atoms with van der Waals surface area (Å²) in [6.07, 6.45) is 0.278. The number of alkyl carbamates (subject to hydrolysis) is 1. The molecule has 0 aliphatic heterocycles. The number of hydrogen-bond acceptors (Lipinski definition) is 4. The maximum atomic E-state index is 11.6. The predicted octanol–water partition coefficient (Wildman–Crippen LogP) is 2.81. The minimum atomic E-state index is -0.507. The summed E-state index contributed by atoms with van der Waals surface area (Å²) >= 11 is 1.63. The lowest BCUT2D eigenvalue weighted by Gasteiger charge is -2.28. The summed E-state index contributed by atoms with van der Waals surface area (Å²) in [7, 11) is 0. The highest BCUT2D eigenvalue weighted by Crippen LogP contribution is 2.22. The molecule has 1 heterocycles. The molecule has 0 saturated carbocycles. The second kappa shape index (κ2) is 6.39. The first-order valence-corrected chi connectivity index (χ1v) is 7.27. The Morgan fingerprint density at radius 1 is 1.42 bits per heavy atom. The summed E-state index contributed by atoms with van der Waals surface area (Å²) < 4.78 is 5.18. The van der Waals surface area contributed by atoms with Gasteiger partial charge in [0, 0.05) is 12.0 Å². The fourth-order valence-electron chi connectivity index (χ4n) is 1.66. The van der Waals surface area contributed by atoms with Crippen molar-refractivity contribution in [1.82, 2.24) is 5.32 Å². The molecule has 4 nitrogen and oxygen atoms in total. The van der Waals surface area contributed by atoms with E-state index >= 15 is 0 Å². The minimum Gasteiger partial charge on any atom is -0.444 e. The van der Waals surface area contributed by atoms with Crippen LogP contribution in [0.2, 0.25) is 0 Å². The van der Waals surface area contributed by atoms with Gasteiger partial charge in [-0.1, -0.05) is 6.92 Å². The number of carbonyl (C=O) groups is 1. The summed E-state index contributed by atoms with van der Waals surface area (Å²) in [5, 5.41) is 16.3. The second-order valence-corrected chi connectivity index (χ2v) is 6.91. The summed E-state index contributed by atoms with van der Waals surface area (Å²) in [4.78, 5) is 11.6. The summed E-state index contributed by atoms with van der Waals surface area (Å²) in [6.45, 7) is 7.81. The van der Waals surface area contributed by atoms with E-state index in [0.29, 0.717) is 6.54 Å². The van der Waals surface area contributed by atoms with Gasteiger partial charge in [0.05, 0.1) is 6.61 Å². The molecular formula is C14H23NO3S.